The van der Waals surface area contributed by atoms with Crippen LogP contribution in [0.25, 0.3) is 0 Å². The van der Waals surface area contributed by atoms with Crippen LogP contribution in [0, 0.1) is 11.3 Å². The Kier molecular flexibility index (Phi) is 7.47. The summed E-state index contributed by atoms with van der Waals surface area (Å²) in [6.07, 6.45) is -0.306. The van der Waals surface area contributed by atoms with Gasteiger partial charge in [-0.05, 0) is 11.8 Å². The highest BCUT2D eigenvalue weighted by atomic mass is 19.4. The second kappa shape index (κ2) is 7.60. The van der Waals surface area contributed by atoms with Crippen LogP contribution in [0.1, 0.15) is 72.6 Å². The predicted molar refractivity (Wildman–Crippen MR) is 71.9 cm³/mol. The van der Waals surface area contributed by atoms with E-state index >= 15 is 0 Å². The Morgan fingerprint density at radius 1 is 0.750 bits per heavy atom. The molecule has 0 heterocycles. The molecule has 0 aliphatic rings. The fraction of sp³-hybridized carbons (Fsp3) is 1.00. The lowest BCUT2D eigenvalue weighted by atomic mass is 9.73. The second-order valence-corrected chi connectivity index (χ2v) is 6.60. The fourth-order valence-electron chi connectivity index (χ4n) is 2.48. The highest BCUT2D eigenvalue weighted by Crippen LogP contribution is 2.50. The summed E-state index contributed by atoms with van der Waals surface area (Å²) in [6.45, 7) is 6.43. The van der Waals surface area contributed by atoms with Crippen molar-refractivity contribution >= 4 is 0 Å². The number of hydrogen-bond acceptors (Lipinski definition) is 0. The molecule has 20 heavy (non-hydrogen) atoms. The zero-order chi connectivity index (χ0) is 16.0. The molecule has 0 amide bonds. The van der Waals surface area contributed by atoms with E-state index in [9.17, 15) is 22.0 Å². The van der Waals surface area contributed by atoms with Crippen LogP contribution in [-0.4, -0.2) is 12.1 Å². The molecule has 1 unspecified atom stereocenters. The van der Waals surface area contributed by atoms with E-state index in [-0.39, 0.29) is 6.42 Å². The van der Waals surface area contributed by atoms with Gasteiger partial charge in [-0.15, -0.1) is 0 Å². The molecule has 122 valence electrons. The van der Waals surface area contributed by atoms with Gasteiger partial charge in [0, 0.05) is 5.92 Å². The summed E-state index contributed by atoms with van der Waals surface area (Å²) in [4.78, 5) is 0. The average Bonchev–Trinajstić information content (AvgIpc) is 2.24. The topological polar surface area (TPSA) is 0 Å². The number of rotatable bonds is 8. The molecular formula is C15H27F5. The Morgan fingerprint density at radius 3 is 1.60 bits per heavy atom. The van der Waals surface area contributed by atoms with Gasteiger partial charge in [0.25, 0.3) is 0 Å². The smallest absolute Gasteiger partial charge is 0.196 e. The normalized spacial score (nSPS) is 15.4. The van der Waals surface area contributed by atoms with E-state index in [4.69, 9.17) is 0 Å². The van der Waals surface area contributed by atoms with Crippen molar-refractivity contribution in [3.05, 3.63) is 0 Å². The van der Waals surface area contributed by atoms with Gasteiger partial charge in [-0.1, -0.05) is 66.2 Å². The molecule has 0 saturated carbocycles. The molecule has 0 aliphatic carbocycles. The number of alkyl halides is 5. The lowest BCUT2D eigenvalue weighted by Crippen LogP contribution is -2.48. The lowest BCUT2D eigenvalue weighted by Gasteiger charge is -2.37. The Morgan fingerprint density at radius 2 is 1.20 bits per heavy atom. The zero-order valence-corrected chi connectivity index (χ0v) is 12.9. The molecular weight excluding hydrogens is 275 g/mol. The summed E-state index contributed by atoms with van der Waals surface area (Å²) in [5.41, 5.74) is -1.07. The minimum absolute atomic E-state index is 0.0812. The van der Waals surface area contributed by atoms with E-state index in [0.29, 0.717) is 6.42 Å². The Labute approximate surface area is 119 Å². The third-order valence-corrected chi connectivity index (χ3v) is 3.71. The molecule has 0 rings (SSSR count). The molecule has 0 nitrogen and oxygen atoms in total. The quantitative estimate of drug-likeness (QED) is 0.350. The van der Waals surface area contributed by atoms with E-state index in [1.807, 2.05) is 0 Å². The summed E-state index contributed by atoms with van der Waals surface area (Å²) in [5.74, 6) is -6.28. The van der Waals surface area contributed by atoms with Crippen LogP contribution in [0.2, 0.25) is 0 Å². The third-order valence-electron chi connectivity index (χ3n) is 3.71. The molecule has 0 saturated heterocycles. The second-order valence-electron chi connectivity index (χ2n) is 6.60. The third kappa shape index (κ3) is 5.96. The molecule has 0 aromatic rings. The summed E-state index contributed by atoms with van der Waals surface area (Å²) in [5, 5.41) is 0. The summed E-state index contributed by atoms with van der Waals surface area (Å²) < 4.78 is 64.8. The van der Waals surface area contributed by atoms with Gasteiger partial charge in [0.15, 0.2) is 0 Å². The van der Waals surface area contributed by atoms with Gasteiger partial charge in [-0.3, -0.25) is 0 Å². The summed E-state index contributed by atoms with van der Waals surface area (Å²) in [7, 11) is 0. The van der Waals surface area contributed by atoms with Gasteiger partial charge < -0.3 is 0 Å². The van der Waals surface area contributed by atoms with Crippen molar-refractivity contribution in [2.45, 2.75) is 84.7 Å². The first kappa shape index (κ1) is 19.7. The van der Waals surface area contributed by atoms with Crippen LogP contribution in [0.4, 0.5) is 22.0 Å². The Balaban J connectivity index is 4.54. The molecule has 1 atom stereocenters. The average molecular weight is 302 g/mol. The van der Waals surface area contributed by atoms with Gasteiger partial charge in [0.1, 0.15) is 0 Å². The van der Waals surface area contributed by atoms with Crippen LogP contribution in [-0.2, 0) is 0 Å². The molecule has 0 spiro atoms. The maximum atomic E-state index is 13.6. The van der Waals surface area contributed by atoms with E-state index in [0.717, 1.165) is 32.1 Å². The van der Waals surface area contributed by atoms with Crippen LogP contribution < -0.4 is 0 Å². The van der Waals surface area contributed by atoms with Crippen molar-refractivity contribution in [3.8, 4) is 0 Å². The zero-order valence-electron chi connectivity index (χ0n) is 12.9. The number of halogens is 5. The standard InChI is InChI=1S/C15H27F5/c1-5-6-7-8-9-10-11-12(13(2,3)4)14(16,17)15(18,19)20/h12H,5-11H2,1-4H3. The molecule has 0 bridgehead atoms. The summed E-state index contributed by atoms with van der Waals surface area (Å²) >= 11 is 0. The van der Waals surface area contributed by atoms with Gasteiger partial charge in [-0.2, -0.15) is 22.0 Å². The monoisotopic (exact) mass is 302 g/mol. The van der Waals surface area contributed by atoms with Crippen molar-refractivity contribution in [2.24, 2.45) is 11.3 Å². The fourth-order valence-corrected chi connectivity index (χ4v) is 2.48. The molecule has 0 aromatic carbocycles. The first-order valence-electron chi connectivity index (χ1n) is 7.39. The molecule has 0 N–H and O–H groups in total. The van der Waals surface area contributed by atoms with Crippen molar-refractivity contribution in [1.82, 2.24) is 0 Å². The van der Waals surface area contributed by atoms with Crippen LogP contribution in [0.15, 0.2) is 0 Å². The van der Waals surface area contributed by atoms with Crippen molar-refractivity contribution in [1.29, 1.82) is 0 Å². The van der Waals surface area contributed by atoms with E-state index in [1.165, 1.54) is 20.8 Å². The maximum absolute atomic E-state index is 13.6. The molecule has 0 aromatic heterocycles. The maximum Gasteiger partial charge on any atom is 0.453 e. The van der Waals surface area contributed by atoms with Crippen molar-refractivity contribution < 1.29 is 22.0 Å². The SMILES string of the molecule is CCCCCCCCC(C(C)(C)C)C(F)(F)C(F)(F)F. The van der Waals surface area contributed by atoms with E-state index in [2.05, 4.69) is 6.92 Å². The van der Waals surface area contributed by atoms with Crippen molar-refractivity contribution in [3.63, 3.8) is 0 Å². The highest BCUT2D eigenvalue weighted by Gasteiger charge is 2.64. The highest BCUT2D eigenvalue weighted by molar-refractivity contribution is 4.90. The number of unbranched alkanes of at least 4 members (excludes halogenated alkanes) is 5. The molecule has 0 radical (unpaired) electrons. The van der Waals surface area contributed by atoms with Crippen LogP contribution in [0.3, 0.4) is 0 Å². The lowest BCUT2D eigenvalue weighted by molar-refractivity contribution is -0.314. The van der Waals surface area contributed by atoms with Crippen LogP contribution >= 0.6 is 0 Å². The van der Waals surface area contributed by atoms with Crippen molar-refractivity contribution in [2.75, 3.05) is 0 Å². The van der Waals surface area contributed by atoms with Gasteiger partial charge in [0.2, 0.25) is 0 Å². The first-order valence-corrected chi connectivity index (χ1v) is 7.39. The largest absolute Gasteiger partial charge is 0.453 e. The Bertz CT molecular complexity index is 262. The predicted octanol–water partition coefficient (Wildman–Crippen LogP) is 6.60. The van der Waals surface area contributed by atoms with Gasteiger partial charge in [0.05, 0.1) is 0 Å². The Hall–Kier alpha value is -0.350. The molecule has 5 heteroatoms. The molecule has 0 fully saturated rings. The number of hydrogen-bond donors (Lipinski definition) is 0. The first-order chi connectivity index (χ1) is 8.94. The molecule has 0 aliphatic heterocycles. The minimum Gasteiger partial charge on any atom is -0.196 e. The van der Waals surface area contributed by atoms with E-state index in [1.54, 1.807) is 0 Å². The van der Waals surface area contributed by atoms with Crippen LogP contribution in [0.5, 0.6) is 0 Å². The summed E-state index contributed by atoms with van der Waals surface area (Å²) in [6, 6.07) is 0. The van der Waals surface area contributed by atoms with Gasteiger partial charge in [-0.25, -0.2) is 0 Å². The minimum atomic E-state index is -5.47. The van der Waals surface area contributed by atoms with Gasteiger partial charge >= 0.3 is 12.1 Å². The van der Waals surface area contributed by atoms with E-state index < -0.39 is 23.4 Å².